The second-order valence-electron chi connectivity index (χ2n) is 8.01. The minimum absolute atomic E-state index is 0.0178. The second-order valence-corrected chi connectivity index (χ2v) is 63.3. The zero-order valence-corrected chi connectivity index (χ0v) is 52.9. The predicted octanol–water partition coefficient (Wildman–Crippen LogP) is 4.50. The van der Waals surface area contributed by atoms with Gasteiger partial charge in [0.15, 0.2) is 0 Å². The average Bonchev–Trinajstić information content (AvgIpc) is 3.58. The highest BCUT2D eigenvalue weighted by molar-refractivity contribution is 8.80. The molecule has 300 valence electrons. The number of para-hydroxylation sites is 2. The first kappa shape index (κ1) is 54.5. The molecular weight excluding hydrogens is 1330 g/mol. The molecule has 3 nitrogen and oxygen atoms in total. The van der Waals surface area contributed by atoms with Crippen LogP contribution in [0.3, 0.4) is 0 Å². The molecule has 1 N–H and O–H groups in total. The van der Waals surface area contributed by atoms with Gasteiger partial charge in [0.05, 0.1) is 21.6 Å². The Morgan fingerprint density at radius 3 is 1.17 bits per heavy atom. The Bertz CT molecular complexity index is 3050. The topological polar surface area (TPSA) is 41.6 Å². The predicted molar refractivity (Wildman–Crippen MR) is 326 cm³/mol. The number of rotatable bonds is 1. The molecule has 0 aliphatic carbocycles. The van der Waals surface area contributed by atoms with Gasteiger partial charge < -0.3 is 4.98 Å². The third kappa shape index (κ3) is 29.4. The zero-order valence-electron chi connectivity index (χ0n) is 25.2. The van der Waals surface area contributed by atoms with Crippen LogP contribution in [0.4, 0.5) is 0 Å². The van der Waals surface area contributed by atoms with Crippen LogP contribution in [0.5, 0.6) is 0 Å². The zero-order chi connectivity index (χ0) is 38.2. The SMILES string of the molecule is CC(C)(C)c1cc(Cl)c(-c2nc3ccccc3[nH]2)cn1.S=S=S=S=S=S=S=S=S=S=S=S=S=S=S=S=S=S=S=S=S=S=S=S=S=S=S=S=S=S=S=S=S. The minimum Gasteiger partial charge on any atom is -0.338 e. The number of benzene rings is 1. The summed E-state index contributed by atoms with van der Waals surface area (Å²) in [5.41, 5.74) is 3.71. The number of halogens is 1. The lowest BCUT2D eigenvalue weighted by Gasteiger charge is -2.18. The molecule has 37 heteroatoms. The van der Waals surface area contributed by atoms with E-state index in [0.29, 0.717) is 5.02 Å². The molecule has 0 aliphatic heterocycles. The largest absolute Gasteiger partial charge is 0.338 e. The molecule has 0 spiro atoms. The third-order valence-electron chi connectivity index (χ3n) is 4.10. The highest BCUT2D eigenvalue weighted by Gasteiger charge is 2.18. The first-order valence-corrected chi connectivity index (χ1v) is 54.9. The summed E-state index contributed by atoms with van der Waals surface area (Å²) in [7, 11) is 54.6. The summed E-state index contributed by atoms with van der Waals surface area (Å²) in [5, 5.41) is 0.670. The van der Waals surface area contributed by atoms with Crippen LogP contribution in [0.25, 0.3) is 22.4 Å². The number of imidazole rings is 1. The van der Waals surface area contributed by atoms with E-state index in [0.717, 1.165) is 28.1 Å². The summed E-state index contributed by atoms with van der Waals surface area (Å²) >= 11 is 16.0. The van der Waals surface area contributed by atoms with Gasteiger partial charge in [0.2, 0.25) is 0 Å². The molecule has 2 heterocycles. The fraction of sp³-hybridized carbons (Fsp3) is 0.250. The Balaban J connectivity index is 0.000000408. The van der Waals surface area contributed by atoms with Crippen molar-refractivity contribution in [3.63, 3.8) is 0 Å². The summed E-state index contributed by atoms with van der Waals surface area (Å²) in [5.74, 6) is 0.754. The van der Waals surface area contributed by atoms with Crippen LogP contribution >= 0.6 is 11.6 Å². The van der Waals surface area contributed by atoms with E-state index in [-0.39, 0.29) is 5.41 Å². The number of fused-ring (bicyclic) bond motifs is 1. The highest BCUT2D eigenvalue weighted by Crippen LogP contribution is 2.30. The normalized spacial score (nSPS) is 9.28. The lowest BCUT2D eigenvalue weighted by molar-refractivity contribution is 0.569. The first-order valence-electron chi connectivity index (χ1n) is 11.9. The summed E-state index contributed by atoms with van der Waals surface area (Å²) in [6.07, 6.45) is 1.79. The molecular formula is C16H16ClN3S33. The number of hydrogen-bond acceptors (Lipinski definition) is 4. The Kier molecular flexibility index (Phi) is 39.0. The van der Waals surface area contributed by atoms with Gasteiger partial charge in [0, 0.05) is 315 Å². The Morgan fingerprint density at radius 1 is 0.528 bits per heavy atom. The molecule has 0 radical (unpaired) electrons. The number of hydrogen-bond donors (Lipinski definition) is 1. The maximum atomic E-state index is 6.40. The fourth-order valence-corrected chi connectivity index (χ4v) is 82.3. The van der Waals surface area contributed by atoms with Gasteiger partial charge in [-0.1, -0.05) is 44.5 Å². The minimum atomic E-state index is -0.0178. The molecule has 0 fully saturated rings. The van der Waals surface area contributed by atoms with Crippen molar-refractivity contribution in [1.29, 1.82) is 0 Å². The van der Waals surface area contributed by atoms with Crippen molar-refractivity contribution in [1.82, 2.24) is 15.0 Å². The number of aromatic amines is 1. The van der Waals surface area contributed by atoms with E-state index >= 15 is 0 Å². The number of aromatic nitrogens is 3. The molecule has 0 amide bonds. The van der Waals surface area contributed by atoms with Crippen molar-refractivity contribution >= 4 is 320 Å². The Morgan fingerprint density at radius 2 is 0.868 bits per heavy atom. The molecule has 0 atom stereocenters. The van der Waals surface area contributed by atoms with Gasteiger partial charge in [0.1, 0.15) is 5.82 Å². The van der Waals surface area contributed by atoms with E-state index in [1.54, 1.807) is 113 Å². The molecule has 0 aliphatic rings. The van der Waals surface area contributed by atoms with Crippen LogP contribution in [-0.2, 0) is 303 Å². The lowest BCUT2D eigenvalue weighted by Crippen LogP contribution is -2.13. The van der Waals surface area contributed by atoms with E-state index in [1.807, 2.05) is 181 Å². The van der Waals surface area contributed by atoms with E-state index in [2.05, 4.69) is 35.7 Å². The number of nitrogens with zero attached hydrogens (tertiary/aromatic N) is 2. The Hall–Kier alpha value is 5.39. The summed E-state index contributed by atoms with van der Waals surface area (Å²) in [6, 6.07) is 9.84. The van der Waals surface area contributed by atoms with Crippen molar-refractivity contribution < 1.29 is 0 Å². The van der Waals surface area contributed by atoms with Crippen LogP contribution in [0.1, 0.15) is 26.5 Å². The van der Waals surface area contributed by atoms with E-state index in [9.17, 15) is 0 Å². The highest BCUT2D eigenvalue weighted by atomic mass is 35.5. The summed E-state index contributed by atoms with van der Waals surface area (Å²) < 4.78 is 0. The fourth-order valence-electron chi connectivity index (χ4n) is 2.42. The maximum absolute atomic E-state index is 6.40. The van der Waals surface area contributed by atoms with E-state index in [1.165, 1.54) is 17.8 Å². The van der Waals surface area contributed by atoms with Gasteiger partial charge in [-0.2, -0.15) is 0 Å². The van der Waals surface area contributed by atoms with Gasteiger partial charge >= 0.3 is 0 Å². The first-order chi connectivity index (χ1) is 25.9. The Labute approximate surface area is 410 Å². The maximum Gasteiger partial charge on any atom is 0.141 e. The van der Waals surface area contributed by atoms with Gasteiger partial charge in [0.25, 0.3) is 0 Å². The molecule has 2 aromatic heterocycles. The molecule has 0 bridgehead atoms. The summed E-state index contributed by atoms with van der Waals surface area (Å²) in [4.78, 5) is 12.3. The van der Waals surface area contributed by atoms with Crippen molar-refractivity contribution in [3.05, 3.63) is 47.2 Å². The molecule has 1 aromatic carbocycles. The molecule has 53 heavy (non-hydrogen) atoms. The number of H-pyrrole nitrogens is 1. The quantitative estimate of drug-likeness (QED) is 0.391. The molecule has 3 aromatic rings. The van der Waals surface area contributed by atoms with Crippen molar-refractivity contribution in [2.24, 2.45) is 0 Å². The van der Waals surface area contributed by atoms with Crippen LogP contribution in [0, 0.1) is 0 Å². The smallest absolute Gasteiger partial charge is 0.141 e. The van der Waals surface area contributed by atoms with Gasteiger partial charge in [-0.05, 0) is 18.2 Å². The van der Waals surface area contributed by atoms with E-state index in [4.69, 9.17) is 34.0 Å². The molecule has 0 saturated heterocycles. The summed E-state index contributed by atoms with van der Waals surface area (Å²) in [6.45, 7) is 6.35. The van der Waals surface area contributed by atoms with Crippen molar-refractivity contribution in [2.75, 3.05) is 0 Å². The van der Waals surface area contributed by atoms with Crippen LogP contribution in [0.2, 0.25) is 5.02 Å². The van der Waals surface area contributed by atoms with Crippen LogP contribution in [-0.4, -0.2) is 15.0 Å². The van der Waals surface area contributed by atoms with E-state index < -0.39 is 0 Å². The third-order valence-corrected chi connectivity index (χ3v) is 71.1. The number of pyridine rings is 1. The number of nitrogens with one attached hydrogen (secondary N) is 1. The van der Waals surface area contributed by atoms with Crippen LogP contribution in [0.15, 0.2) is 36.5 Å². The van der Waals surface area contributed by atoms with Gasteiger partial charge in [-0.3, -0.25) is 4.98 Å². The molecule has 3 rings (SSSR count). The average molecular weight is 1340 g/mol. The standard InChI is InChI=1S/C16H16ClN3.S33/c1-16(2,3)14-8-11(17)10(9-18-14)15-19-12-6-4-5-7-13(12)20-15;1-3-5-7-9-11-13-15-17-19-21-23-25-27-29-31-33-32-30-28-26-24-22-20-18-16-14-12-10-8-6-4-2/h4-9H,1-3H3,(H,19,20);. The molecule has 0 saturated carbocycles. The van der Waals surface area contributed by atoms with Crippen molar-refractivity contribution in [3.8, 4) is 11.4 Å². The lowest BCUT2D eigenvalue weighted by atomic mass is 9.91. The molecule has 0 unspecified atom stereocenters. The van der Waals surface area contributed by atoms with Crippen LogP contribution < -0.4 is 0 Å². The van der Waals surface area contributed by atoms with Crippen molar-refractivity contribution in [2.45, 2.75) is 26.2 Å². The monoisotopic (exact) mass is 1340 g/mol. The van der Waals surface area contributed by atoms with Gasteiger partial charge in [-0.15, -0.1) is 0 Å². The van der Waals surface area contributed by atoms with Gasteiger partial charge in [-0.25, -0.2) is 4.98 Å². The second kappa shape index (κ2) is 37.9.